The van der Waals surface area contributed by atoms with Crippen molar-refractivity contribution in [1.82, 2.24) is 5.32 Å². The van der Waals surface area contributed by atoms with Gasteiger partial charge in [-0.3, -0.25) is 0 Å². The van der Waals surface area contributed by atoms with Crippen LogP contribution in [0.15, 0.2) is 22.7 Å². The Hall–Kier alpha value is -0.410. The minimum absolute atomic E-state index is 0.184. The summed E-state index contributed by atoms with van der Waals surface area (Å²) in [5, 5.41) is 3.44. The first kappa shape index (κ1) is 15.6. The molecule has 1 N–H and O–H groups in total. The molecule has 0 saturated carbocycles. The van der Waals surface area contributed by atoms with Gasteiger partial charge >= 0.3 is 0 Å². The Labute approximate surface area is 118 Å². The van der Waals surface area contributed by atoms with E-state index >= 15 is 0 Å². The van der Waals surface area contributed by atoms with E-state index in [0.717, 1.165) is 16.6 Å². The van der Waals surface area contributed by atoms with Gasteiger partial charge in [-0.1, -0.05) is 48.5 Å². The Kier molecular flexibility index (Phi) is 7.52. The molecule has 18 heavy (non-hydrogen) atoms. The molecule has 0 bridgehead atoms. The molecule has 102 valence electrons. The van der Waals surface area contributed by atoms with Crippen LogP contribution in [0.25, 0.3) is 0 Å². The number of hydrogen-bond acceptors (Lipinski definition) is 1. The third-order valence-corrected chi connectivity index (χ3v) is 3.53. The van der Waals surface area contributed by atoms with Gasteiger partial charge in [0.1, 0.15) is 5.82 Å². The first-order chi connectivity index (χ1) is 8.61. The van der Waals surface area contributed by atoms with Crippen molar-refractivity contribution in [3.8, 4) is 0 Å². The molecule has 1 rings (SSSR count). The molecule has 0 aromatic heterocycles. The molecule has 0 aliphatic heterocycles. The zero-order valence-electron chi connectivity index (χ0n) is 11.3. The standard InChI is InChI=1S/C15H23BrFN/c1-3-4-5-6-7-12(2)18-11-13-8-14(16)10-15(17)9-13/h8-10,12,18H,3-7,11H2,1-2H3. The Bertz CT molecular complexity index is 334. The van der Waals surface area contributed by atoms with Crippen LogP contribution in [0.4, 0.5) is 4.39 Å². The Balaban J connectivity index is 2.26. The molecular formula is C15H23BrFN. The van der Waals surface area contributed by atoms with Gasteiger partial charge in [0.2, 0.25) is 0 Å². The Morgan fingerprint density at radius 3 is 2.67 bits per heavy atom. The average Bonchev–Trinajstić information content (AvgIpc) is 2.31. The molecule has 0 amide bonds. The monoisotopic (exact) mass is 315 g/mol. The molecule has 0 spiro atoms. The van der Waals surface area contributed by atoms with Crippen LogP contribution in [0.1, 0.15) is 51.5 Å². The summed E-state index contributed by atoms with van der Waals surface area (Å²) < 4.78 is 14.0. The van der Waals surface area contributed by atoms with E-state index in [1.54, 1.807) is 6.07 Å². The molecule has 0 saturated heterocycles. The van der Waals surface area contributed by atoms with Crippen molar-refractivity contribution in [3.63, 3.8) is 0 Å². The van der Waals surface area contributed by atoms with E-state index in [1.807, 2.05) is 6.07 Å². The van der Waals surface area contributed by atoms with E-state index in [1.165, 1.54) is 38.2 Å². The summed E-state index contributed by atoms with van der Waals surface area (Å²) in [6.45, 7) is 5.15. The molecule has 0 aliphatic carbocycles. The fraction of sp³-hybridized carbons (Fsp3) is 0.600. The maximum Gasteiger partial charge on any atom is 0.124 e. The molecule has 1 aromatic carbocycles. The minimum Gasteiger partial charge on any atom is -0.310 e. The predicted octanol–water partition coefficient (Wildman–Crippen LogP) is 5.04. The molecular weight excluding hydrogens is 293 g/mol. The second-order valence-corrected chi connectivity index (χ2v) is 5.82. The molecule has 1 aromatic rings. The molecule has 1 unspecified atom stereocenters. The smallest absolute Gasteiger partial charge is 0.124 e. The number of benzene rings is 1. The van der Waals surface area contributed by atoms with Crippen LogP contribution >= 0.6 is 15.9 Å². The number of rotatable bonds is 8. The second-order valence-electron chi connectivity index (χ2n) is 4.91. The van der Waals surface area contributed by atoms with Gasteiger partial charge in [0.15, 0.2) is 0 Å². The van der Waals surface area contributed by atoms with Crippen molar-refractivity contribution < 1.29 is 4.39 Å². The van der Waals surface area contributed by atoms with Gasteiger partial charge in [0, 0.05) is 17.1 Å². The third kappa shape index (κ3) is 6.50. The highest BCUT2D eigenvalue weighted by Gasteiger charge is 2.03. The molecule has 1 nitrogen and oxygen atoms in total. The van der Waals surface area contributed by atoms with Gasteiger partial charge in [-0.2, -0.15) is 0 Å². The summed E-state index contributed by atoms with van der Waals surface area (Å²) in [5.74, 6) is -0.184. The third-order valence-electron chi connectivity index (χ3n) is 3.07. The van der Waals surface area contributed by atoms with Gasteiger partial charge in [0.05, 0.1) is 0 Å². The zero-order chi connectivity index (χ0) is 13.4. The Morgan fingerprint density at radius 1 is 1.22 bits per heavy atom. The lowest BCUT2D eigenvalue weighted by molar-refractivity contribution is 0.482. The molecule has 3 heteroatoms. The van der Waals surface area contributed by atoms with Crippen LogP contribution < -0.4 is 5.32 Å². The van der Waals surface area contributed by atoms with Crippen LogP contribution in [-0.4, -0.2) is 6.04 Å². The first-order valence-corrected chi connectivity index (χ1v) is 7.59. The molecule has 0 radical (unpaired) electrons. The van der Waals surface area contributed by atoms with Crippen molar-refractivity contribution in [2.45, 2.75) is 58.5 Å². The average molecular weight is 316 g/mol. The van der Waals surface area contributed by atoms with Gasteiger partial charge in [-0.05, 0) is 37.1 Å². The van der Waals surface area contributed by atoms with E-state index in [0.29, 0.717) is 6.04 Å². The first-order valence-electron chi connectivity index (χ1n) is 6.80. The SMILES string of the molecule is CCCCCCC(C)NCc1cc(F)cc(Br)c1. The molecule has 0 fully saturated rings. The lowest BCUT2D eigenvalue weighted by Gasteiger charge is -2.14. The summed E-state index contributed by atoms with van der Waals surface area (Å²) >= 11 is 3.31. The van der Waals surface area contributed by atoms with Crippen molar-refractivity contribution >= 4 is 15.9 Å². The van der Waals surface area contributed by atoms with Crippen molar-refractivity contribution in [1.29, 1.82) is 0 Å². The highest BCUT2D eigenvalue weighted by molar-refractivity contribution is 9.10. The van der Waals surface area contributed by atoms with Gasteiger partial charge in [0.25, 0.3) is 0 Å². The van der Waals surface area contributed by atoms with Crippen molar-refractivity contribution in [3.05, 3.63) is 34.1 Å². The molecule has 0 heterocycles. The summed E-state index contributed by atoms with van der Waals surface area (Å²) in [5.41, 5.74) is 0.988. The lowest BCUT2D eigenvalue weighted by Crippen LogP contribution is -2.25. The molecule has 0 aliphatic rings. The fourth-order valence-electron chi connectivity index (χ4n) is 1.98. The van der Waals surface area contributed by atoms with E-state index in [4.69, 9.17) is 0 Å². The number of halogens is 2. The number of unbranched alkanes of at least 4 members (excludes halogenated alkanes) is 3. The van der Waals surface area contributed by atoms with Crippen LogP contribution in [0, 0.1) is 5.82 Å². The van der Waals surface area contributed by atoms with E-state index < -0.39 is 0 Å². The quantitative estimate of drug-likeness (QED) is 0.663. The number of hydrogen-bond donors (Lipinski definition) is 1. The van der Waals surface area contributed by atoms with Crippen LogP contribution in [0.5, 0.6) is 0 Å². The van der Waals surface area contributed by atoms with Gasteiger partial charge in [-0.15, -0.1) is 0 Å². The summed E-state index contributed by atoms with van der Waals surface area (Å²) in [7, 11) is 0. The lowest BCUT2D eigenvalue weighted by atomic mass is 10.1. The maximum absolute atomic E-state index is 13.2. The highest BCUT2D eigenvalue weighted by atomic mass is 79.9. The topological polar surface area (TPSA) is 12.0 Å². The van der Waals surface area contributed by atoms with Crippen LogP contribution in [-0.2, 0) is 6.54 Å². The van der Waals surface area contributed by atoms with Crippen LogP contribution in [0.2, 0.25) is 0 Å². The van der Waals surface area contributed by atoms with E-state index in [2.05, 4.69) is 35.1 Å². The van der Waals surface area contributed by atoms with Gasteiger partial charge < -0.3 is 5.32 Å². The summed E-state index contributed by atoms with van der Waals surface area (Å²) in [4.78, 5) is 0. The van der Waals surface area contributed by atoms with Crippen molar-refractivity contribution in [2.75, 3.05) is 0 Å². The summed E-state index contributed by atoms with van der Waals surface area (Å²) in [6, 6.07) is 5.52. The maximum atomic E-state index is 13.2. The van der Waals surface area contributed by atoms with Crippen LogP contribution in [0.3, 0.4) is 0 Å². The van der Waals surface area contributed by atoms with E-state index in [9.17, 15) is 4.39 Å². The number of nitrogens with one attached hydrogen (secondary N) is 1. The normalized spacial score (nSPS) is 12.7. The summed E-state index contributed by atoms with van der Waals surface area (Å²) in [6.07, 6.45) is 6.38. The van der Waals surface area contributed by atoms with E-state index in [-0.39, 0.29) is 5.82 Å². The van der Waals surface area contributed by atoms with Crippen molar-refractivity contribution in [2.24, 2.45) is 0 Å². The minimum atomic E-state index is -0.184. The predicted molar refractivity (Wildman–Crippen MR) is 79.2 cm³/mol. The fourth-order valence-corrected chi connectivity index (χ4v) is 2.50. The largest absolute Gasteiger partial charge is 0.310 e. The molecule has 1 atom stereocenters. The Morgan fingerprint density at radius 2 is 2.00 bits per heavy atom. The second kappa shape index (κ2) is 8.65. The highest BCUT2D eigenvalue weighted by Crippen LogP contribution is 2.15. The van der Waals surface area contributed by atoms with Gasteiger partial charge in [-0.25, -0.2) is 4.39 Å². The zero-order valence-corrected chi connectivity index (χ0v) is 12.9.